The molecule has 2 aliphatic rings. The minimum absolute atomic E-state index is 0.0692. The number of hydrogen-bond acceptors (Lipinski definition) is 3. The number of nitrogens with zero attached hydrogens (tertiary/aromatic N) is 1. The lowest BCUT2D eigenvalue weighted by atomic mass is 9.89. The first-order chi connectivity index (χ1) is 13.0. The molecule has 2 aromatic rings. The minimum atomic E-state index is -1.30. The van der Waals surface area contributed by atoms with E-state index in [0.717, 1.165) is 10.0 Å². The first-order valence-corrected chi connectivity index (χ1v) is 9.56. The van der Waals surface area contributed by atoms with Gasteiger partial charge in [-0.1, -0.05) is 60.1 Å². The molecule has 1 unspecified atom stereocenters. The van der Waals surface area contributed by atoms with Crippen molar-refractivity contribution in [3.05, 3.63) is 69.7 Å². The van der Waals surface area contributed by atoms with Crippen LogP contribution < -0.4 is 10.6 Å². The number of benzene rings is 2. The van der Waals surface area contributed by atoms with Crippen LogP contribution >= 0.6 is 15.9 Å². The van der Waals surface area contributed by atoms with Crippen molar-refractivity contribution in [3.63, 3.8) is 0 Å². The van der Waals surface area contributed by atoms with Crippen molar-refractivity contribution in [2.45, 2.75) is 25.9 Å². The summed E-state index contributed by atoms with van der Waals surface area (Å²) < 4.78 is 0.862. The summed E-state index contributed by atoms with van der Waals surface area (Å²) in [7, 11) is 0. The van der Waals surface area contributed by atoms with Crippen molar-refractivity contribution in [2.24, 2.45) is 0 Å². The molecular formula is C20H20BrN3O3. The molecule has 0 saturated carbocycles. The normalized spacial score (nSPS) is 20.6. The monoisotopic (exact) mass is 429 g/mol. The highest BCUT2D eigenvalue weighted by Gasteiger charge is 2.50. The van der Waals surface area contributed by atoms with E-state index in [1.54, 1.807) is 35.2 Å². The van der Waals surface area contributed by atoms with Crippen LogP contribution in [0.2, 0.25) is 0 Å². The highest BCUT2D eigenvalue weighted by molar-refractivity contribution is 9.10. The third-order valence-electron chi connectivity index (χ3n) is 4.60. The number of carbonyl (C=O) groups is 3. The van der Waals surface area contributed by atoms with E-state index in [9.17, 15) is 14.4 Å². The molecule has 1 saturated heterocycles. The summed E-state index contributed by atoms with van der Waals surface area (Å²) in [6, 6.07) is 13.9. The van der Waals surface area contributed by atoms with Gasteiger partial charge >= 0.3 is 6.03 Å². The van der Waals surface area contributed by atoms with Gasteiger partial charge in [0.25, 0.3) is 11.8 Å². The molecule has 2 heterocycles. The van der Waals surface area contributed by atoms with E-state index in [2.05, 4.69) is 26.6 Å². The highest BCUT2D eigenvalue weighted by atomic mass is 79.9. The second-order valence-corrected chi connectivity index (χ2v) is 7.05. The fraction of sp³-hybridized carbons (Fsp3) is 0.250. The van der Waals surface area contributed by atoms with Crippen LogP contribution in [0.1, 0.15) is 35.3 Å². The summed E-state index contributed by atoms with van der Waals surface area (Å²) in [6.07, 6.45) is 0. The number of fused-ring (bicyclic) bond motifs is 1. The van der Waals surface area contributed by atoms with E-state index in [-0.39, 0.29) is 12.5 Å². The quantitative estimate of drug-likeness (QED) is 0.735. The van der Waals surface area contributed by atoms with E-state index in [4.69, 9.17) is 0 Å². The average Bonchev–Trinajstić information content (AvgIpc) is 3.14. The van der Waals surface area contributed by atoms with Crippen LogP contribution in [0.3, 0.4) is 0 Å². The van der Waals surface area contributed by atoms with E-state index in [1.165, 1.54) is 0 Å². The van der Waals surface area contributed by atoms with E-state index in [0.29, 0.717) is 17.7 Å². The SMILES string of the molecule is CC.O=C1NC(=O)C(CN2Cc3ccccc3C2=O)(c2ccc(Br)cc2)N1. The molecule has 4 rings (SSSR count). The lowest BCUT2D eigenvalue weighted by Crippen LogP contribution is -2.52. The molecule has 1 fully saturated rings. The zero-order valence-corrected chi connectivity index (χ0v) is 16.7. The molecule has 0 radical (unpaired) electrons. The molecule has 6 nitrogen and oxygen atoms in total. The van der Waals surface area contributed by atoms with Crippen molar-refractivity contribution in [2.75, 3.05) is 6.54 Å². The van der Waals surface area contributed by atoms with Gasteiger partial charge < -0.3 is 10.2 Å². The molecule has 2 aromatic carbocycles. The van der Waals surface area contributed by atoms with Crippen LogP contribution in [0.25, 0.3) is 0 Å². The number of amides is 4. The maximum atomic E-state index is 12.7. The molecule has 0 bridgehead atoms. The summed E-state index contributed by atoms with van der Waals surface area (Å²) in [5.74, 6) is -0.593. The number of imide groups is 1. The first-order valence-electron chi connectivity index (χ1n) is 8.76. The molecule has 0 aromatic heterocycles. The van der Waals surface area contributed by atoms with Gasteiger partial charge in [0.15, 0.2) is 5.54 Å². The molecule has 0 spiro atoms. The molecule has 7 heteroatoms. The lowest BCUT2D eigenvalue weighted by molar-refractivity contribution is -0.124. The summed E-state index contributed by atoms with van der Waals surface area (Å²) >= 11 is 3.36. The molecule has 1 atom stereocenters. The second-order valence-electron chi connectivity index (χ2n) is 6.14. The fourth-order valence-corrected chi connectivity index (χ4v) is 3.62. The van der Waals surface area contributed by atoms with Crippen molar-refractivity contribution in [1.29, 1.82) is 0 Å². The van der Waals surface area contributed by atoms with Crippen molar-refractivity contribution in [1.82, 2.24) is 15.5 Å². The maximum absolute atomic E-state index is 12.7. The van der Waals surface area contributed by atoms with E-state index >= 15 is 0 Å². The smallest absolute Gasteiger partial charge is 0.322 e. The van der Waals surface area contributed by atoms with Gasteiger partial charge in [-0.05, 0) is 29.3 Å². The van der Waals surface area contributed by atoms with Crippen LogP contribution in [0.5, 0.6) is 0 Å². The second kappa shape index (κ2) is 7.52. The number of carbonyl (C=O) groups excluding carboxylic acids is 3. The Morgan fingerprint density at radius 3 is 2.30 bits per heavy atom. The predicted molar refractivity (Wildman–Crippen MR) is 105 cm³/mol. The van der Waals surface area contributed by atoms with Gasteiger partial charge in [0.1, 0.15) is 0 Å². The van der Waals surface area contributed by atoms with Gasteiger partial charge in [-0.15, -0.1) is 0 Å². The summed E-state index contributed by atoms with van der Waals surface area (Å²) in [5, 5.41) is 5.01. The Hall–Kier alpha value is -2.67. The summed E-state index contributed by atoms with van der Waals surface area (Å²) in [6.45, 7) is 4.48. The fourth-order valence-electron chi connectivity index (χ4n) is 3.36. The van der Waals surface area contributed by atoms with Crippen LogP contribution in [0.4, 0.5) is 4.79 Å². The number of hydrogen-bond donors (Lipinski definition) is 2. The van der Waals surface area contributed by atoms with Gasteiger partial charge in [0.05, 0.1) is 6.54 Å². The topological polar surface area (TPSA) is 78.5 Å². The Kier molecular flexibility index (Phi) is 5.32. The largest absolute Gasteiger partial charge is 0.331 e. The van der Waals surface area contributed by atoms with Gasteiger partial charge in [-0.3, -0.25) is 14.9 Å². The molecule has 2 aliphatic heterocycles. The molecule has 4 amide bonds. The first kappa shape index (κ1) is 19.1. The lowest BCUT2D eigenvalue weighted by Gasteiger charge is -2.31. The zero-order valence-electron chi connectivity index (χ0n) is 15.1. The molecular weight excluding hydrogens is 410 g/mol. The molecule has 0 aliphatic carbocycles. The number of rotatable bonds is 3. The average molecular weight is 430 g/mol. The Balaban J connectivity index is 0.00000102. The van der Waals surface area contributed by atoms with Gasteiger partial charge in [-0.2, -0.15) is 0 Å². The Morgan fingerprint density at radius 1 is 1.04 bits per heavy atom. The maximum Gasteiger partial charge on any atom is 0.322 e. The van der Waals surface area contributed by atoms with Crippen LogP contribution in [-0.4, -0.2) is 29.3 Å². The van der Waals surface area contributed by atoms with Crippen LogP contribution in [-0.2, 0) is 16.9 Å². The zero-order chi connectivity index (χ0) is 19.6. The standard InChI is InChI=1S/C18H14BrN3O3.C2H6/c19-13-7-5-12(6-8-13)18(16(24)20-17(25)21-18)10-22-9-11-3-1-2-4-14(11)15(22)23;1-2/h1-8H,9-10H2,(H2,20,21,24,25);1-2H3. The minimum Gasteiger partial charge on any atom is -0.331 e. The van der Waals surface area contributed by atoms with Crippen LogP contribution in [0, 0.1) is 0 Å². The number of urea groups is 1. The van der Waals surface area contributed by atoms with Crippen molar-refractivity contribution >= 4 is 33.8 Å². The Morgan fingerprint density at radius 2 is 1.70 bits per heavy atom. The Bertz CT molecular complexity index is 898. The molecule has 27 heavy (non-hydrogen) atoms. The summed E-state index contributed by atoms with van der Waals surface area (Å²) in [5.41, 5.74) is 0.888. The van der Waals surface area contributed by atoms with Gasteiger partial charge in [-0.25, -0.2) is 4.79 Å². The third kappa shape index (κ3) is 3.35. The Labute approximate surface area is 166 Å². The van der Waals surface area contributed by atoms with E-state index in [1.807, 2.05) is 32.0 Å². The molecule has 140 valence electrons. The highest BCUT2D eigenvalue weighted by Crippen LogP contribution is 2.31. The van der Waals surface area contributed by atoms with E-state index < -0.39 is 17.5 Å². The van der Waals surface area contributed by atoms with Gasteiger partial charge in [0, 0.05) is 16.6 Å². The predicted octanol–water partition coefficient (Wildman–Crippen LogP) is 3.17. The summed E-state index contributed by atoms with van der Waals surface area (Å²) in [4.78, 5) is 38.7. The number of halogens is 1. The van der Waals surface area contributed by atoms with Crippen LogP contribution in [0.15, 0.2) is 53.0 Å². The number of nitrogens with one attached hydrogen (secondary N) is 2. The van der Waals surface area contributed by atoms with Crippen molar-refractivity contribution in [3.8, 4) is 0 Å². The van der Waals surface area contributed by atoms with Crippen molar-refractivity contribution < 1.29 is 14.4 Å². The third-order valence-corrected chi connectivity index (χ3v) is 5.13. The van der Waals surface area contributed by atoms with Gasteiger partial charge in [0.2, 0.25) is 0 Å². The molecule has 2 N–H and O–H groups in total.